The molecule has 3 rings (SSSR count). The molecule has 23 heavy (non-hydrogen) atoms. The number of benzene rings is 1. The van der Waals surface area contributed by atoms with Crippen LogP contribution in [0.2, 0.25) is 10.0 Å². The maximum absolute atomic E-state index is 12.6. The minimum atomic E-state index is -0.421. The summed E-state index contributed by atoms with van der Waals surface area (Å²) in [6.07, 6.45) is 0.164. The van der Waals surface area contributed by atoms with Gasteiger partial charge < -0.3 is 0 Å². The van der Waals surface area contributed by atoms with Gasteiger partial charge in [-0.15, -0.1) is 0 Å². The summed E-state index contributed by atoms with van der Waals surface area (Å²) in [6.45, 7) is 4.22. The third kappa shape index (κ3) is 2.99. The number of nitrogens with zero attached hydrogens (tertiary/aromatic N) is 3. The number of hydrogen-bond donors (Lipinski definition) is 0. The van der Waals surface area contributed by atoms with Crippen molar-refractivity contribution in [2.45, 2.75) is 26.8 Å². The molecule has 2 heterocycles. The minimum Gasteiger partial charge on any atom is -0.274 e. The maximum Gasteiger partial charge on any atom is 0.239 e. The van der Waals surface area contributed by atoms with E-state index >= 15 is 0 Å². The highest BCUT2D eigenvalue weighted by molar-refractivity contribution is 6.42. The molecule has 1 aromatic carbocycles. The Kier molecular flexibility index (Phi) is 4.17. The molecule has 2 amide bonds. The van der Waals surface area contributed by atoms with Gasteiger partial charge in [0.1, 0.15) is 0 Å². The van der Waals surface area contributed by atoms with Gasteiger partial charge in [-0.1, -0.05) is 23.2 Å². The molecule has 1 atom stereocenters. The fraction of sp³-hybridized carbons (Fsp3) is 0.312. The predicted octanol–water partition coefficient (Wildman–Crippen LogP) is 3.39. The van der Waals surface area contributed by atoms with Crippen LogP contribution in [0, 0.1) is 19.8 Å². The van der Waals surface area contributed by atoms with Crippen LogP contribution in [0.4, 0.5) is 5.69 Å². The van der Waals surface area contributed by atoms with Gasteiger partial charge in [0, 0.05) is 12.1 Å². The van der Waals surface area contributed by atoms with Crippen LogP contribution in [-0.4, -0.2) is 21.6 Å². The number of aromatic nitrogens is 2. The van der Waals surface area contributed by atoms with E-state index in [9.17, 15) is 9.59 Å². The van der Waals surface area contributed by atoms with Crippen LogP contribution in [0.1, 0.15) is 17.8 Å². The zero-order valence-corrected chi connectivity index (χ0v) is 14.2. The van der Waals surface area contributed by atoms with Crippen LogP contribution >= 0.6 is 23.2 Å². The van der Waals surface area contributed by atoms with E-state index in [1.807, 2.05) is 19.9 Å². The number of anilines is 1. The molecule has 0 aliphatic carbocycles. The van der Waals surface area contributed by atoms with Crippen molar-refractivity contribution in [2.24, 2.45) is 5.92 Å². The lowest BCUT2D eigenvalue weighted by atomic mass is 10.1. The molecule has 7 heteroatoms. The van der Waals surface area contributed by atoms with Crippen LogP contribution in [0.25, 0.3) is 0 Å². The van der Waals surface area contributed by atoms with E-state index in [2.05, 4.69) is 5.10 Å². The second-order valence-corrected chi connectivity index (χ2v) is 6.49. The first-order chi connectivity index (χ1) is 10.9. The molecule has 1 fully saturated rings. The zero-order valence-electron chi connectivity index (χ0n) is 12.7. The van der Waals surface area contributed by atoms with Crippen molar-refractivity contribution in [1.82, 2.24) is 9.78 Å². The lowest BCUT2D eigenvalue weighted by molar-refractivity contribution is -0.122. The lowest BCUT2D eigenvalue weighted by Gasteiger charge is -2.16. The molecule has 0 spiro atoms. The van der Waals surface area contributed by atoms with E-state index < -0.39 is 5.92 Å². The van der Waals surface area contributed by atoms with E-state index in [1.54, 1.807) is 16.8 Å². The van der Waals surface area contributed by atoms with E-state index in [0.717, 1.165) is 11.4 Å². The number of hydrogen-bond acceptors (Lipinski definition) is 3. The summed E-state index contributed by atoms with van der Waals surface area (Å²) in [7, 11) is 0. The second-order valence-electron chi connectivity index (χ2n) is 5.68. The molecular weight excluding hydrogens is 337 g/mol. The fourth-order valence-electron chi connectivity index (χ4n) is 2.80. The summed E-state index contributed by atoms with van der Waals surface area (Å²) in [4.78, 5) is 26.1. The number of rotatable bonds is 3. The van der Waals surface area contributed by atoms with E-state index in [-0.39, 0.29) is 18.2 Å². The first-order valence-corrected chi connectivity index (χ1v) is 7.95. The first kappa shape index (κ1) is 16.0. The summed E-state index contributed by atoms with van der Waals surface area (Å²) in [5.74, 6) is -0.893. The summed E-state index contributed by atoms with van der Waals surface area (Å²) >= 11 is 11.9. The van der Waals surface area contributed by atoms with Gasteiger partial charge >= 0.3 is 0 Å². The van der Waals surface area contributed by atoms with Gasteiger partial charge in [0.25, 0.3) is 0 Å². The fourth-order valence-corrected chi connectivity index (χ4v) is 3.09. The maximum atomic E-state index is 12.6. The molecule has 1 saturated heterocycles. The molecule has 0 bridgehead atoms. The van der Waals surface area contributed by atoms with Crippen molar-refractivity contribution in [3.8, 4) is 0 Å². The summed E-state index contributed by atoms with van der Waals surface area (Å²) in [6, 6.07) is 6.67. The van der Waals surface area contributed by atoms with Gasteiger partial charge in [0.2, 0.25) is 11.8 Å². The molecule has 120 valence electrons. The zero-order chi connectivity index (χ0) is 16.7. The van der Waals surface area contributed by atoms with Crippen LogP contribution in [-0.2, 0) is 16.1 Å². The number of amides is 2. The molecule has 0 unspecified atom stereocenters. The van der Waals surface area contributed by atoms with Gasteiger partial charge in [-0.25, -0.2) is 0 Å². The Balaban J connectivity index is 1.85. The smallest absolute Gasteiger partial charge is 0.239 e. The number of carbonyl (C=O) groups excluding carboxylic acids is 2. The Labute approximate surface area is 143 Å². The van der Waals surface area contributed by atoms with Gasteiger partial charge in [0.05, 0.1) is 33.9 Å². The highest BCUT2D eigenvalue weighted by Gasteiger charge is 2.40. The quantitative estimate of drug-likeness (QED) is 0.796. The summed E-state index contributed by atoms with van der Waals surface area (Å²) in [5, 5.41) is 5.05. The summed E-state index contributed by atoms with van der Waals surface area (Å²) < 4.78 is 1.77. The van der Waals surface area contributed by atoms with Crippen molar-refractivity contribution in [3.63, 3.8) is 0 Å². The molecule has 0 saturated carbocycles. The SMILES string of the molecule is Cc1cc(C)n(C[C@H]2CC(=O)N(c3ccc(Cl)c(Cl)c3)C2=O)n1. The molecule has 1 aromatic heterocycles. The van der Waals surface area contributed by atoms with Crippen molar-refractivity contribution in [1.29, 1.82) is 0 Å². The van der Waals surface area contributed by atoms with Crippen molar-refractivity contribution < 1.29 is 9.59 Å². The normalized spacial score (nSPS) is 18.1. The standard InChI is InChI=1S/C16H15Cl2N3O2/c1-9-5-10(2)20(19-9)8-11-6-15(22)21(16(11)23)12-3-4-13(17)14(18)7-12/h3-5,7,11H,6,8H2,1-2H3/t11-/m1/s1. The van der Waals surface area contributed by atoms with Crippen LogP contribution in [0.3, 0.4) is 0 Å². The number of halogens is 2. The number of aryl methyl sites for hydroxylation is 2. The largest absolute Gasteiger partial charge is 0.274 e. The Bertz CT molecular complexity index is 801. The third-order valence-electron chi connectivity index (χ3n) is 3.90. The lowest BCUT2D eigenvalue weighted by Crippen LogP contribution is -2.31. The molecular formula is C16H15Cl2N3O2. The Morgan fingerprint density at radius 2 is 1.91 bits per heavy atom. The van der Waals surface area contributed by atoms with Crippen LogP contribution in [0.15, 0.2) is 24.3 Å². The monoisotopic (exact) mass is 351 g/mol. The Morgan fingerprint density at radius 1 is 1.17 bits per heavy atom. The highest BCUT2D eigenvalue weighted by atomic mass is 35.5. The topological polar surface area (TPSA) is 55.2 Å². The number of imide groups is 1. The van der Waals surface area contributed by atoms with E-state index in [1.165, 1.54) is 11.0 Å². The van der Waals surface area contributed by atoms with Crippen LogP contribution in [0.5, 0.6) is 0 Å². The predicted molar refractivity (Wildman–Crippen MR) is 88.8 cm³/mol. The van der Waals surface area contributed by atoms with Gasteiger partial charge in [-0.2, -0.15) is 5.10 Å². The van der Waals surface area contributed by atoms with Crippen molar-refractivity contribution in [3.05, 3.63) is 45.7 Å². The molecule has 2 aromatic rings. The molecule has 5 nitrogen and oxygen atoms in total. The van der Waals surface area contributed by atoms with Crippen LogP contribution < -0.4 is 4.90 Å². The van der Waals surface area contributed by atoms with Gasteiger partial charge in [0.15, 0.2) is 0 Å². The molecule has 1 aliphatic rings. The first-order valence-electron chi connectivity index (χ1n) is 7.19. The third-order valence-corrected chi connectivity index (χ3v) is 4.64. The van der Waals surface area contributed by atoms with Crippen molar-refractivity contribution >= 4 is 40.7 Å². The molecule has 1 aliphatic heterocycles. The second kappa shape index (κ2) is 5.98. The number of carbonyl (C=O) groups is 2. The van der Waals surface area contributed by atoms with E-state index in [0.29, 0.717) is 22.3 Å². The average molecular weight is 352 g/mol. The van der Waals surface area contributed by atoms with Crippen molar-refractivity contribution in [2.75, 3.05) is 4.90 Å². The molecule has 0 radical (unpaired) electrons. The summed E-state index contributed by atoms with van der Waals surface area (Å²) in [5.41, 5.74) is 2.31. The van der Waals surface area contributed by atoms with Gasteiger partial charge in [-0.3, -0.25) is 19.2 Å². The highest BCUT2D eigenvalue weighted by Crippen LogP contribution is 2.32. The Hall–Kier alpha value is -1.85. The molecule has 0 N–H and O–H groups in total. The minimum absolute atomic E-state index is 0.164. The van der Waals surface area contributed by atoms with E-state index in [4.69, 9.17) is 23.2 Å². The van der Waals surface area contributed by atoms with Gasteiger partial charge in [-0.05, 0) is 38.1 Å². The Morgan fingerprint density at radius 3 is 2.52 bits per heavy atom. The average Bonchev–Trinajstić information content (AvgIpc) is 2.93.